The van der Waals surface area contributed by atoms with Gasteiger partial charge in [-0.1, -0.05) is 12.1 Å². The van der Waals surface area contributed by atoms with Gasteiger partial charge in [-0.25, -0.2) is 0 Å². The molecule has 0 N–H and O–H groups in total. The Kier molecular flexibility index (Phi) is 3.21. The molecular weight excluding hydrogens is 266 g/mol. The molecular formula is C13H12ClN3O2. The fourth-order valence-corrected chi connectivity index (χ4v) is 2.26. The highest BCUT2D eigenvalue weighted by Crippen LogP contribution is 2.35. The zero-order valence-electron chi connectivity index (χ0n) is 10.4. The SMILES string of the molecule is COc1nc(Cl)nc(-c2cccc3c2OCCC3)n1. The predicted molar refractivity (Wildman–Crippen MR) is 70.6 cm³/mol. The van der Waals surface area contributed by atoms with E-state index < -0.39 is 0 Å². The highest BCUT2D eigenvalue weighted by molar-refractivity contribution is 6.28. The summed E-state index contributed by atoms with van der Waals surface area (Å²) in [5.74, 6) is 1.30. The molecule has 3 rings (SSSR count). The molecule has 0 spiro atoms. The maximum Gasteiger partial charge on any atom is 0.321 e. The average molecular weight is 278 g/mol. The van der Waals surface area contributed by atoms with Crippen molar-refractivity contribution in [2.75, 3.05) is 13.7 Å². The fourth-order valence-electron chi connectivity index (χ4n) is 2.11. The number of para-hydroxylation sites is 1. The predicted octanol–water partition coefficient (Wildman–Crippen LogP) is 2.53. The third kappa shape index (κ3) is 2.33. The molecule has 1 aliphatic rings. The van der Waals surface area contributed by atoms with Crippen LogP contribution in [0.2, 0.25) is 5.28 Å². The van der Waals surface area contributed by atoms with Gasteiger partial charge in [0.1, 0.15) is 5.75 Å². The number of hydrogen-bond donors (Lipinski definition) is 0. The normalized spacial score (nSPS) is 13.6. The summed E-state index contributed by atoms with van der Waals surface area (Å²) >= 11 is 5.88. The van der Waals surface area contributed by atoms with Crippen molar-refractivity contribution < 1.29 is 9.47 Å². The van der Waals surface area contributed by atoms with E-state index in [0.717, 1.165) is 24.2 Å². The van der Waals surface area contributed by atoms with Crippen LogP contribution in [-0.4, -0.2) is 28.7 Å². The summed E-state index contributed by atoms with van der Waals surface area (Å²) in [7, 11) is 1.49. The lowest BCUT2D eigenvalue weighted by Gasteiger charge is -2.19. The van der Waals surface area contributed by atoms with Crippen LogP contribution in [0.3, 0.4) is 0 Å². The first-order valence-electron chi connectivity index (χ1n) is 5.98. The minimum Gasteiger partial charge on any atom is -0.493 e. The summed E-state index contributed by atoms with van der Waals surface area (Å²) in [4.78, 5) is 12.2. The monoisotopic (exact) mass is 277 g/mol. The Labute approximate surface area is 115 Å². The molecule has 0 fully saturated rings. The number of benzene rings is 1. The van der Waals surface area contributed by atoms with Gasteiger partial charge >= 0.3 is 6.01 Å². The summed E-state index contributed by atoms with van der Waals surface area (Å²) in [6.07, 6.45) is 2.02. The lowest BCUT2D eigenvalue weighted by atomic mass is 10.0. The van der Waals surface area contributed by atoms with Gasteiger partial charge in [-0.15, -0.1) is 0 Å². The summed E-state index contributed by atoms with van der Waals surface area (Å²) in [6.45, 7) is 0.708. The van der Waals surface area contributed by atoms with Gasteiger partial charge in [0.05, 0.1) is 19.3 Å². The largest absolute Gasteiger partial charge is 0.493 e. The molecule has 2 heterocycles. The highest BCUT2D eigenvalue weighted by atomic mass is 35.5. The molecule has 2 aromatic rings. The molecule has 0 atom stereocenters. The molecule has 19 heavy (non-hydrogen) atoms. The molecule has 6 heteroatoms. The van der Waals surface area contributed by atoms with E-state index in [1.807, 2.05) is 12.1 Å². The lowest BCUT2D eigenvalue weighted by Crippen LogP contribution is -2.10. The average Bonchev–Trinajstić information content (AvgIpc) is 2.46. The van der Waals surface area contributed by atoms with E-state index in [2.05, 4.69) is 21.0 Å². The summed E-state index contributed by atoms with van der Waals surface area (Å²) in [5.41, 5.74) is 1.99. The number of aromatic nitrogens is 3. The number of halogens is 1. The fraction of sp³-hybridized carbons (Fsp3) is 0.308. The van der Waals surface area contributed by atoms with Gasteiger partial charge in [0, 0.05) is 0 Å². The van der Waals surface area contributed by atoms with E-state index in [4.69, 9.17) is 21.1 Å². The second kappa shape index (κ2) is 5.01. The molecule has 1 aliphatic heterocycles. The zero-order chi connectivity index (χ0) is 13.2. The third-order valence-electron chi connectivity index (χ3n) is 2.94. The van der Waals surface area contributed by atoms with Crippen molar-refractivity contribution in [1.29, 1.82) is 0 Å². The molecule has 0 unspecified atom stereocenters. The number of hydrogen-bond acceptors (Lipinski definition) is 5. The number of aryl methyl sites for hydroxylation is 1. The van der Waals surface area contributed by atoms with Crippen molar-refractivity contribution in [3.05, 3.63) is 29.0 Å². The summed E-state index contributed by atoms with van der Waals surface area (Å²) in [5, 5.41) is 0.107. The minimum atomic E-state index is 0.107. The van der Waals surface area contributed by atoms with Crippen LogP contribution in [0.1, 0.15) is 12.0 Å². The molecule has 0 saturated heterocycles. The topological polar surface area (TPSA) is 57.1 Å². The van der Waals surface area contributed by atoms with Crippen LogP contribution in [0.25, 0.3) is 11.4 Å². The molecule has 0 radical (unpaired) electrons. The van der Waals surface area contributed by atoms with E-state index in [9.17, 15) is 0 Å². The maximum atomic E-state index is 5.88. The minimum absolute atomic E-state index is 0.107. The van der Waals surface area contributed by atoms with Gasteiger partial charge < -0.3 is 9.47 Å². The lowest BCUT2D eigenvalue weighted by molar-refractivity contribution is 0.289. The Morgan fingerprint density at radius 2 is 2.16 bits per heavy atom. The van der Waals surface area contributed by atoms with Gasteiger partial charge in [-0.2, -0.15) is 15.0 Å². The highest BCUT2D eigenvalue weighted by Gasteiger charge is 2.18. The first-order valence-corrected chi connectivity index (χ1v) is 6.36. The molecule has 0 aliphatic carbocycles. The van der Waals surface area contributed by atoms with Gasteiger partial charge in [0.25, 0.3) is 0 Å². The first-order chi connectivity index (χ1) is 9.28. The van der Waals surface area contributed by atoms with Gasteiger partial charge in [-0.3, -0.25) is 0 Å². The van der Waals surface area contributed by atoms with Gasteiger partial charge in [0.15, 0.2) is 5.82 Å². The Balaban J connectivity index is 2.14. The number of rotatable bonds is 2. The van der Waals surface area contributed by atoms with Crippen LogP contribution in [0.5, 0.6) is 11.8 Å². The quantitative estimate of drug-likeness (QED) is 0.844. The standard InChI is InChI=1S/C13H12ClN3O2/c1-18-13-16-11(15-12(14)17-13)9-6-2-4-8-5-3-7-19-10(8)9/h2,4,6H,3,5,7H2,1H3. The Morgan fingerprint density at radius 1 is 1.26 bits per heavy atom. The summed E-state index contributed by atoms with van der Waals surface area (Å²) in [6, 6.07) is 6.13. The second-order valence-corrected chi connectivity index (χ2v) is 4.50. The Bertz CT molecular complexity index is 619. The van der Waals surface area contributed by atoms with Crippen molar-refractivity contribution in [3.8, 4) is 23.1 Å². The third-order valence-corrected chi connectivity index (χ3v) is 3.11. The van der Waals surface area contributed by atoms with E-state index in [-0.39, 0.29) is 11.3 Å². The zero-order valence-corrected chi connectivity index (χ0v) is 11.1. The van der Waals surface area contributed by atoms with E-state index in [1.54, 1.807) is 0 Å². The van der Waals surface area contributed by atoms with Gasteiger partial charge in [0.2, 0.25) is 5.28 Å². The molecule has 1 aromatic carbocycles. The molecule has 0 saturated carbocycles. The van der Waals surface area contributed by atoms with E-state index >= 15 is 0 Å². The van der Waals surface area contributed by atoms with Crippen LogP contribution in [-0.2, 0) is 6.42 Å². The second-order valence-electron chi connectivity index (χ2n) is 4.16. The van der Waals surface area contributed by atoms with Crippen molar-refractivity contribution in [1.82, 2.24) is 15.0 Å². The maximum absolute atomic E-state index is 5.88. The van der Waals surface area contributed by atoms with Crippen molar-refractivity contribution in [2.45, 2.75) is 12.8 Å². The van der Waals surface area contributed by atoms with Crippen LogP contribution in [0.4, 0.5) is 0 Å². The van der Waals surface area contributed by atoms with Crippen LogP contribution < -0.4 is 9.47 Å². The first kappa shape index (κ1) is 12.2. The van der Waals surface area contributed by atoms with Crippen LogP contribution in [0, 0.1) is 0 Å². The molecule has 5 nitrogen and oxygen atoms in total. The van der Waals surface area contributed by atoms with E-state index in [0.29, 0.717) is 12.4 Å². The number of fused-ring (bicyclic) bond motifs is 1. The summed E-state index contributed by atoms with van der Waals surface area (Å²) < 4.78 is 10.8. The molecule has 98 valence electrons. The molecule has 0 amide bonds. The smallest absolute Gasteiger partial charge is 0.321 e. The molecule has 1 aromatic heterocycles. The van der Waals surface area contributed by atoms with Crippen molar-refractivity contribution >= 4 is 11.6 Å². The van der Waals surface area contributed by atoms with Crippen molar-refractivity contribution in [2.24, 2.45) is 0 Å². The Morgan fingerprint density at radius 3 is 3.00 bits per heavy atom. The Hall–Kier alpha value is -1.88. The van der Waals surface area contributed by atoms with Crippen LogP contribution >= 0.6 is 11.6 Å². The van der Waals surface area contributed by atoms with E-state index in [1.165, 1.54) is 12.7 Å². The molecule has 0 bridgehead atoms. The van der Waals surface area contributed by atoms with Crippen LogP contribution in [0.15, 0.2) is 18.2 Å². The number of methoxy groups -OCH3 is 1. The van der Waals surface area contributed by atoms with Gasteiger partial charge in [-0.05, 0) is 36.1 Å². The number of nitrogens with zero attached hydrogens (tertiary/aromatic N) is 3. The number of ether oxygens (including phenoxy) is 2. The van der Waals surface area contributed by atoms with Crippen molar-refractivity contribution in [3.63, 3.8) is 0 Å².